The first-order chi connectivity index (χ1) is 12.4. The first-order valence-corrected chi connectivity index (χ1v) is 8.80. The summed E-state index contributed by atoms with van der Waals surface area (Å²) in [5.74, 6) is -1.23. The highest BCUT2D eigenvalue weighted by Crippen LogP contribution is 2.27. The monoisotopic (exact) mass is 484 g/mol. The molecule has 1 aromatic heterocycles. The summed E-state index contributed by atoms with van der Waals surface area (Å²) < 4.78 is 18.7. The third-order valence-corrected chi connectivity index (χ3v) is 4.53. The lowest BCUT2D eigenvalue weighted by molar-refractivity contribution is 0.0993. The quantitative estimate of drug-likeness (QED) is 0.501. The SMILES string of the molecule is O=C(Nc1cc(Cl)ccc1NC(=O)c1ccc(F)cc1I)c1ccco1. The molecule has 5 nitrogen and oxygen atoms in total. The van der Waals surface area contributed by atoms with E-state index in [-0.39, 0.29) is 5.76 Å². The van der Waals surface area contributed by atoms with Crippen LogP contribution in [0.5, 0.6) is 0 Å². The van der Waals surface area contributed by atoms with Gasteiger partial charge in [-0.15, -0.1) is 0 Å². The van der Waals surface area contributed by atoms with Gasteiger partial charge in [0.2, 0.25) is 0 Å². The maximum Gasteiger partial charge on any atom is 0.291 e. The molecule has 26 heavy (non-hydrogen) atoms. The van der Waals surface area contributed by atoms with Crippen LogP contribution in [0.1, 0.15) is 20.9 Å². The smallest absolute Gasteiger partial charge is 0.291 e. The van der Waals surface area contributed by atoms with Crippen molar-refractivity contribution in [2.75, 3.05) is 10.6 Å². The van der Waals surface area contributed by atoms with Gasteiger partial charge in [-0.1, -0.05) is 11.6 Å². The third-order valence-electron chi connectivity index (χ3n) is 3.40. The van der Waals surface area contributed by atoms with Crippen molar-refractivity contribution in [3.63, 3.8) is 0 Å². The first-order valence-electron chi connectivity index (χ1n) is 7.35. The van der Waals surface area contributed by atoms with Crippen LogP contribution in [0.2, 0.25) is 5.02 Å². The first kappa shape index (κ1) is 18.4. The molecule has 2 aromatic carbocycles. The second-order valence-electron chi connectivity index (χ2n) is 5.20. The number of anilines is 2. The number of halogens is 3. The van der Waals surface area contributed by atoms with Gasteiger partial charge in [0, 0.05) is 8.59 Å². The maximum atomic E-state index is 13.2. The number of amides is 2. The zero-order valence-corrected chi connectivity index (χ0v) is 16.0. The maximum absolute atomic E-state index is 13.2. The Hall–Kier alpha value is -2.39. The highest BCUT2D eigenvalue weighted by Gasteiger charge is 2.16. The molecule has 0 radical (unpaired) electrons. The van der Waals surface area contributed by atoms with Gasteiger partial charge in [0.15, 0.2) is 5.76 Å². The highest BCUT2D eigenvalue weighted by molar-refractivity contribution is 14.1. The Morgan fingerprint density at radius 3 is 2.46 bits per heavy atom. The van der Waals surface area contributed by atoms with Crippen LogP contribution in [-0.2, 0) is 0 Å². The Kier molecular flexibility index (Phi) is 5.58. The van der Waals surface area contributed by atoms with Gasteiger partial charge in [0.05, 0.1) is 23.2 Å². The molecular weight excluding hydrogens is 474 g/mol. The van der Waals surface area contributed by atoms with Gasteiger partial charge in [-0.2, -0.15) is 0 Å². The molecule has 3 rings (SSSR count). The summed E-state index contributed by atoms with van der Waals surface area (Å²) >= 11 is 7.87. The van der Waals surface area contributed by atoms with Crippen LogP contribution < -0.4 is 10.6 Å². The molecule has 8 heteroatoms. The topological polar surface area (TPSA) is 71.3 Å². The van der Waals surface area contributed by atoms with Crippen molar-refractivity contribution in [1.82, 2.24) is 0 Å². The van der Waals surface area contributed by atoms with E-state index in [1.807, 2.05) is 22.6 Å². The lowest BCUT2D eigenvalue weighted by atomic mass is 10.2. The molecule has 0 aliphatic carbocycles. The lowest BCUT2D eigenvalue weighted by Crippen LogP contribution is -2.17. The Labute approximate surface area is 166 Å². The molecule has 0 saturated carbocycles. The largest absolute Gasteiger partial charge is 0.459 e. The minimum Gasteiger partial charge on any atom is -0.459 e. The van der Waals surface area contributed by atoms with Crippen LogP contribution in [0.3, 0.4) is 0 Å². The number of carbonyl (C=O) groups excluding carboxylic acids is 2. The van der Waals surface area contributed by atoms with E-state index >= 15 is 0 Å². The Morgan fingerprint density at radius 2 is 1.77 bits per heavy atom. The zero-order valence-electron chi connectivity index (χ0n) is 13.1. The van der Waals surface area contributed by atoms with Crippen LogP contribution in [0.15, 0.2) is 59.2 Å². The van der Waals surface area contributed by atoms with Gasteiger partial charge in [-0.3, -0.25) is 9.59 Å². The number of nitrogens with one attached hydrogen (secondary N) is 2. The molecule has 2 amide bonds. The highest BCUT2D eigenvalue weighted by atomic mass is 127. The molecule has 0 fully saturated rings. The van der Waals surface area contributed by atoms with Crippen molar-refractivity contribution in [3.8, 4) is 0 Å². The fraction of sp³-hybridized carbons (Fsp3) is 0. The van der Waals surface area contributed by atoms with E-state index in [2.05, 4.69) is 10.6 Å². The van der Waals surface area contributed by atoms with Crippen molar-refractivity contribution in [1.29, 1.82) is 0 Å². The summed E-state index contributed by atoms with van der Waals surface area (Å²) in [6, 6.07) is 11.6. The summed E-state index contributed by atoms with van der Waals surface area (Å²) in [6.45, 7) is 0. The minimum absolute atomic E-state index is 0.121. The zero-order chi connectivity index (χ0) is 18.7. The van der Waals surface area contributed by atoms with Crippen LogP contribution >= 0.6 is 34.2 Å². The average Bonchev–Trinajstić information content (AvgIpc) is 3.12. The second-order valence-corrected chi connectivity index (χ2v) is 6.80. The van der Waals surface area contributed by atoms with Crippen LogP contribution in [-0.4, -0.2) is 11.8 Å². The van der Waals surface area contributed by atoms with Gasteiger partial charge in [0.25, 0.3) is 11.8 Å². The number of rotatable bonds is 4. The normalized spacial score (nSPS) is 10.4. The van der Waals surface area contributed by atoms with Crippen molar-refractivity contribution in [2.24, 2.45) is 0 Å². The van der Waals surface area contributed by atoms with E-state index in [1.165, 1.54) is 36.6 Å². The fourth-order valence-corrected chi connectivity index (χ4v) is 3.08. The van der Waals surface area contributed by atoms with E-state index in [9.17, 15) is 14.0 Å². The Bertz CT molecular complexity index is 977. The van der Waals surface area contributed by atoms with Gasteiger partial charge < -0.3 is 15.1 Å². The fourth-order valence-electron chi connectivity index (χ4n) is 2.18. The molecule has 0 spiro atoms. The lowest BCUT2D eigenvalue weighted by Gasteiger charge is -2.13. The van der Waals surface area contributed by atoms with Crippen LogP contribution in [0.4, 0.5) is 15.8 Å². The van der Waals surface area contributed by atoms with Gasteiger partial charge in [-0.05, 0) is 71.1 Å². The molecule has 0 saturated heterocycles. The molecule has 1 heterocycles. The molecule has 0 bridgehead atoms. The molecule has 0 atom stereocenters. The number of carbonyl (C=O) groups is 2. The van der Waals surface area contributed by atoms with Crippen molar-refractivity contribution in [2.45, 2.75) is 0 Å². The molecule has 2 N–H and O–H groups in total. The van der Waals surface area contributed by atoms with Crippen molar-refractivity contribution in [3.05, 3.63) is 80.5 Å². The molecule has 0 aliphatic heterocycles. The van der Waals surface area contributed by atoms with Crippen molar-refractivity contribution >= 4 is 57.4 Å². The number of furan rings is 1. The van der Waals surface area contributed by atoms with E-state index in [1.54, 1.807) is 18.2 Å². The average molecular weight is 485 g/mol. The summed E-state index contributed by atoms with van der Waals surface area (Å²) in [5.41, 5.74) is 0.967. The second kappa shape index (κ2) is 7.88. The van der Waals surface area contributed by atoms with Gasteiger partial charge in [-0.25, -0.2) is 4.39 Å². The van der Waals surface area contributed by atoms with Gasteiger partial charge >= 0.3 is 0 Å². The number of hydrogen-bond acceptors (Lipinski definition) is 3. The summed E-state index contributed by atoms with van der Waals surface area (Å²) in [5, 5.41) is 5.72. The third kappa shape index (κ3) is 4.23. The predicted octanol–water partition coefficient (Wildman–Crippen LogP) is 5.18. The van der Waals surface area contributed by atoms with Gasteiger partial charge in [0.1, 0.15) is 5.82 Å². The number of benzene rings is 2. The number of hydrogen-bond donors (Lipinski definition) is 2. The standard InChI is InChI=1S/C18H11ClFIN2O3/c19-10-3-6-14(15(8-10)23-18(25)16-2-1-7-26-16)22-17(24)12-5-4-11(20)9-13(12)21/h1-9H,(H,22,24)(H,23,25). The molecular formula is C18H11ClFIN2O3. The van der Waals surface area contributed by atoms with Crippen LogP contribution in [0, 0.1) is 9.39 Å². The molecule has 0 unspecified atom stereocenters. The molecule has 0 aliphatic rings. The van der Waals surface area contributed by atoms with E-state index in [4.69, 9.17) is 16.0 Å². The Balaban J connectivity index is 1.85. The predicted molar refractivity (Wildman–Crippen MR) is 105 cm³/mol. The van der Waals surface area contributed by atoms with Crippen LogP contribution in [0.25, 0.3) is 0 Å². The molecule has 132 valence electrons. The molecule has 3 aromatic rings. The van der Waals surface area contributed by atoms with E-state index in [0.29, 0.717) is 25.5 Å². The summed E-state index contributed by atoms with van der Waals surface area (Å²) in [4.78, 5) is 24.7. The van der Waals surface area contributed by atoms with E-state index < -0.39 is 17.6 Å². The van der Waals surface area contributed by atoms with E-state index in [0.717, 1.165) is 0 Å². The summed E-state index contributed by atoms with van der Waals surface area (Å²) in [7, 11) is 0. The Morgan fingerprint density at radius 1 is 1.00 bits per heavy atom. The van der Waals surface area contributed by atoms with Crippen molar-refractivity contribution < 1.29 is 18.4 Å². The minimum atomic E-state index is -0.482. The summed E-state index contributed by atoms with van der Waals surface area (Å²) in [6.07, 6.45) is 1.38.